The van der Waals surface area contributed by atoms with Crippen molar-refractivity contribution in [3.8, 4) is 17.1 Å². The number of anilines is 3. The summed E-state index contributed by atoms with van der Waals surface area (Å²) >= 11 is 0. The molecule has 182 valence electrons. The lowest BCUT2D eigenvalue weighted by atomic mass is 9.93. The van der Waals surface area contributed by atoms with Gasteiger partial charge in [-0.2, -0.15) is 0 Å². The fourth-order valence-electron chi connectivity index (χ4n) is 4.36. The number of hydrogen-bond acceptors (Lipinski definition) is 10. The van der Waals surface area contributed by atoms with Gasteiger partial charge in [0.05, 0.1) is 18.4 Å². The second-order valence-electron chi connectivity index (χ2n) is 9.03. The Balaban J connectivity index is 1.46. The van der Waals surface area contributed by atoms with Crippen LogP contribution in [-0.2, 0) is 11.8 Å². The van der Waals surface area contributed by atoms with Crippen molar-refractivity contribution in [1.29, 1.82) is 0 Å². The van der Waals surface area contributed by atoms with Crippen LogP contribution in [0.3, 0.4) is 0 Å². The molecule has 35 heavy (non-hydrogen) atoms. The summed E-state index contributed by atoms with van der Waals surface area (Å²) in [5, 5.41) is 15.9. The van der Waals surface area contributed by atoms with Crippen molar-refractivity contribution < 1.29 is 9.47 Å². The van der Waals surface area contributed by atoms with Crippen LogP contribution >= 0.6 is 0 Å². The van der Waals surface area contributed by atoms with Crippen molar-refractivity contribution in [3.05, 3.63) is 36.2 Å². The number of aryl methyl sites for hydroxylation is 2. The minimum absolute atomic E-state index is 0.0956. The second-order valence-corrected chi connectivity index (χ2v) is 9.03. The molecule has 1 saturated heterocycles. The normalized spacial score (nSPS) is 15.4. The van der Waals surface area contributed by atoms with Gasteiger partial charge >= 0.3 is 0 Å². The Morgan fingerprint density at radius 1 is 1.09 bits per heavy atom. The van der Waals surface area contributed by atoms with Gasteiger partial charge in [0.15, 0.2) is 11.6 Å². The Morgan fingerprint density at radius 2 is 1.89 bits per heavy atom. The Labute approximate surface area is 203 Å². The molecule has 4 aromatic rings. The van der Waals surface area contributed by atoms with Crippen LogP contribution in [0.5, 0.6) is 5.75 Å². The number of piperidine rings is 1. The van der Waals surface area contributed by atoms with Gasteiger partial charge in [-0.15, -0.1) is 5.10 Å². The molecule has 1 aliphatic heterocycles. The van der Waals surface area contributed by atoms with Gasteiger partial charge in [-0.05, 0) is 61.4 Å². The third kappa shape index (κ3) is 4.46. The SMILES string of the molecule is COc1cc(-c2nnnn2C)ccc1Nc1ncc2cc(C)nc(N3CCC(C)(OC)CC3)c2n1. The summed E-state index contributed by atoms with van der Waals surface area (Å²) in [4.78, 5) is 16.5. The van der Waals surface area contributed by atoms with E-state index in [0.717, 1.165) is 59.6 Å². The fourth-order valence-corrected chi connectivity index (χ4v) is 4.36. The average Bonchev–Trinajstić information content (AvgIpc) is 3.30. The summed E-state index contributed by atoms with van der Waals surface area (Å²) < 4.78 is 12.9. The maximum Gasteiger partial charge on any atom is 0.227 e. The molecule has 0 bridgehead atoms. The van der Waals surface area contributed by atoms with E-state index < -0.39 is 0 Å². The first kappa shape index (κ1) is 22.9. The molecule has 11 nitrogen and oxygen atoms in total. The highest BCUT2D eigenvalue weighted by Gasteiger charge is 2.31. The van der Waals surface area contributed by atoms with Crippen LogP contribution in [0.2, 0.25) is 0 Å². The largest absolute Gasteiger partial charge is 0.495 e. The summed E-state index contributed by atoms with van der Waals surface area (Å²) in [7, 11) is 5.20. The number of pyridine rings is 1. The Morgan fingerprint density at radius 3 is 2.57 bits per heavy atom. The molecular weight excluding hydrogens is 446 g/mol. The molecule has 0 atom stereocenters. The van der Waals surface area contributed by atoms with Crippen molar-refractivity contribution >= 4 is 28.4 Å². The highest BCUT2D eigenvalue weighted by molar-refractivity contribution is 5.89. The summed E-state index contributed by atoms with van der Waals surface area (Å²) in [5.41, 5.74) is 3.24. The van der Waals surface area contributed by atoms with Crippen LogP contribution in [0.15, 0.2) is 30.5 Å². The van der Waals surface area contributed by atoms with Gasteiger partial charge < -0.3 is 19.7 Å². The zero-order valence-corrected chi connectivity index (χ0v) is 20.6. The third-order valence-electron chi connectivity index (χ3n) is 6.62. The maximum absolute atomic E-state index is 5.71. The molecule has 0 radical (unpaired) electrons. The van der Waals surface area contributed by atoms with E-state index >= 15 is 0 Å². The van der Waals surface area contributed by atoms with Crippen LogP contribution in [0.25, 0.3) is 22.3 Å². The number of ether oxygens (including phenoxy) is 2. The van der Waals surface area contributed by atoms with Gasteiger partial charge in [-0.1, -0.05) is 0 Å². The van der Waals surface area contributed by atoms with Crippen LogP contribution < -0.4 is 15.0 Å². The van der Waals surface area contributed by atoms with Gasteiger partial charge in [0, 0.05) is 50.1 Å². The molecule has 0 spiro atoms. The summed E-state index contributed by atoms with van der Waals surface area (Å²) in [6.45, 7) is 5.87. The Hall–Kier alpha value is -3.86. The quantitative estimate of drug-likeness (QED) is 0.445. The molecule has 1 aromatic carbocycles. The molecule has 1 fully saturated rings. The Bertz CT molecular complexity index is 1360. The highest BCUT2D eigenvalue weighted by Crippen LogP contribution is 2.34. The van der Waals surface area contributed by atoms with E-state index in [9.17, 15) is 0 Å². The number of rotatable bonds is 6. The van der Waals surface area contributed by atoms with Gasteiger partial charge in [0.1, 0.15) is 11.3 Å². The first-order valence-electron chi connectivity index (χ1n) is 11.5. The first-order valence-corrected chi connectivity index (χ1v) is 11.5. The standard InChI is InChI=1S/C24H29N9O2/c1-15-12-17-14-25-23(28-20(17)22(26-15)33-10-8-24(2,35-5)9-11-33)27-18-7-6-16(13-19(18)34-4)21-29-30-31-32(21)3/h6-7,12-14H,8-11H2,1-5H3,(H,25,27,28). The van der Waals surface area contributed by atoms with Crippen molar-refractivity contribution in [1.82, 2.24) is 35.2 Å². The van der Waals surface area contributed by atoms with Crippen LogP contribution in [-0.4, -0.2) is 68.1 Å². The van der Waals surface area contributed by atoms with Gasteiger partial charge in [0.25, 0.3) is 0 Å². The maximum atomic E-state index is 5.71. The summed E-state index contributed by atoms with van der Waals surface area (Å²) in [5.74, 6) is 2.62. The monoisotopic (exact) mass is 475 g/mol. The van der Waals surface area contributed by atoms with E-state index in [1.807, 2.05) is 37.4 Å². The van der Waals surface area contributed by atoms with E-state index in [4.69, 9.17) is 19.4 Å². The molecule has 0 saturated carbocycles. The summed E-state index contributed by atoms with van der Waals surface area (Å²) in [6.07, 6.45) is 3.70. The summed E-state index contributed by atoms with van der Waals surface area (Å²) in [6, 6.07) is 7.72. The topological polar surface area (TPSA) is 116 Å². The fraction of sp³-hybridized carbons (Fsp3) is 0.417. The van der Waals surface area contributed by atoms with Gasteiger partial charge in [0.2, 0.25) is 5.95 Å². The van der Waals surface area contributed by atoms with Crippen molar-refractivity contribution in [2.45, 2.75) is 32.3 Å². The lowest BCUT2D eigenvalue weighted by molar-refractivity contribution is -0.0133. The molecule has 11 heteroatoms. The number of tetrazole rings is 1. The minimum atomic E-state index is -0.0956. The zero-order valence-electron chi connectivity index (χ0n) is 20.6. The van der Waals surface area contributed by atoms with E-state index in [0.29, 0.717) is 17.5 Å². The molecular formula is C24H29N9O2. The van der Waals surface area contributed by atoms with Crippen molar-refractivity contribution in [3.63, 3.8) is 0 Å². The third-order valence-corrected chi connectivity index (χ3v) is 6.62. The number of hydrogen-bond donors (Lipinski definition) is 1. The van der Waals surface area contributed by atoms with Crippen LogP contribution in [0.4, 0.5) is 17.5 Å². The molecule has 0 amide bonds. The predicted octanol–water partition coefficient (Wildman–Crippen LogP) is 3.28. The van der Waals surface area contributed by atoms with E-state index in [-0.39, 0.29) is 5.60 Å². The molecule has 3 aromatic heterocycles. The molecule has 4 heterocycles. The molecule has 1 aliphatic rings. The zero-order chi connectivity index (χ0) is 24.6. The minimum Gasteiger partial charge on any atom is -0.495 e. The lowest BCUT2D eigenvalue weighted by Gasteiger charge is -2.39. The molecule has 0 aliphatic carbocycles. The molecule has 5 rings (SSSR count). The van der Waals surface area contributed by atoms with Crippen molar-refractivity contribution in [2.75, 3.05) is 37.5 Å². The number of nitrogens with zero attached hydrogens (tertiary/aromatic N) is 8. The second kappa shape index (κ2) is 9.06. The van der Waals surface area contributed by atoms with Crippen molar-refractivity contribution in [2.24, 2.45) is 7.05 Å². The van der Waals surface area contributed by atoms with Gasteiger partial charge in [-0.25, -0.2) is 19.6 Å². The lowest BCUT2D eigenvalue weighted by Crippen LogP contribution is -2.44. The smallest absolute Gasteiger partial charge is 0.227 e. The van der Waals surface area contributed by atoms with E-state index in [1.165, 1.54) is 0 Å². The Kier molecular flexibility index (Phi) is 5.93. The van der Waals surface area contributed by atoms with Crippen LogP contribution in [0, 0.1) is 6.92 Å². The number of methoxy groups -OCH3 is 2. The highest BCUT2D eigenvalue weighted by atomic mass is 16.5. The predicted molar refractivity (Wildman–Crippen MR) is 133 cm³/mol. The van der Waals surface area contributed by atoms with Crippen LogP contribution in [0.1, 0.15) is 25.5 Å². The molecule has 1 N–H and O–H groups in total. The first-order chi connectivity index (χ1) is 16.9. The molecule has 0 unspecified atom stereocenters. The van der Waals surface area contributed by atoms with E-state index in [2.05, 4.69) is 37.6 Å². The number of fused-ring (bicyclic) bond motifs is 1. The van der Waals surface area contributed by atoms with Gasteiger partial charge in [-0.3, -0.25) is 0 Å². The number of aromatic nitrogens is 7. The van der Waals surface area contributed by atoms with E-state index in [1.54, 1.807) is 25.9 Å². The average molecular weight is 476 g/mol. The number of nitrogens with one attached hydrogen (secondary N) is 1. The number of benzene rings is 1.